The van der Waals surface area contributed by atoms with Gasteiger partial charge in [0.25, 0.3) is 0 Å². The van der Waals surface area contributed by atoms with Crippen molar-refractivity contribution in [1.29, 1.82) is 0 Å². The lowest BCUT2D eigenvalue weighted by molar-refractivity contribution is 0.405. The fourth-order valence-corrected chi connectivity index (χ4v) is 2.65. The first kappa shape index (κ1) is 13.7. The van der Waals surface area contributed by atoms with Gasteiger partial charge in [-0.3, -0.25) is 0 Å². The van der Waals surface area contributed by atoms with E-state index < -0.39 is 0 Å². The first-order chi connectivity index (χ1) is 9.90. The molecule has 0 amide bonds. The van der Waals surface area contributed by atoms with Crippen molar-refractivity contribution in [2.75, 3.05) is 0 Å². The predicted molar refractivity (Wildman–Crippen MR) is 88.1 cm³/mol. The Morgan fingerprint density at radius 1 is 0.762 bits per heavy atom. The van der Waals surface area contributed by atoms with E-state index >= 15 is 0 Å². The second kappa shape index (κ2) is 4.66. The van der Waals surface area contributed by atoms with Gasteiger partial charge in [0.1, 0.15) is 0 Å². The second-order valence-corrected chi connectivity index (χ2v) is 6.34. The van der Waals surface area contributed by atoms with Gasteiger partial charge >= 0.3 is 0 Å². The molecule has 0 aliphatic rings. The van der Waals surface area contributed by atoms with Gasteiger partial charge in [0.15, 0.2) is 11.5 Å². The summed E-state index contributed by atoms with van der Waals surface area (Å²) in [5.74, 6) is -0.155. The molecule has 21 heavy (non-hydrogen) atoms. The smallest absolute Gasteiger partial charge is 0.158 e. The van der Waals surface area contributed by atoms with Crippen LogP contribution in [-0.2, 0) is 5.41 Å². The molecule has 0 aliphatic carbocycles. The van der Waals surface area contributed by atoms with Crippen molar-refractivity contribution < 1.29 is 10.2 Å². The summed E-state index contributed by atoms with van der Waals surface area (Å²) in [4.78, 5) is 0. The number of hydrogen-bond acceptors (Lipinski definition) is 2. The van der Waals surface area contributed by atoms with Crippen LogP contribution in [0.3, 0.4) is 0 Å². The van der Waals surface area contributed by atoms with Gasteiger partial charge in [-0.15, -0.1) is 0 Å². The fraction of sp³-hybridized carbons (Fsp3) is 0.263. The highest BCUT2D eigenvalue weighted by atomic mass is 16.3. The minimum atomic E-state index is -0.0782. The Morgan fingerprint density at radius 3 is 1.86 bits per heavy atom. The van der Waals surface area contributed by atoms with Gasteiger partial charge < -0.3 is 10.2 Å². The summed E-state index contributed by atoms with van der Waals surface area (Å²) in [6.07, 6.45) is 1.08. The third-order valence-corrected chi connectivity index (χ3v) is 4.55. The molecular weight excluding hydrogens is 260 g/mol. The lowest BCUT2D eigenvalue weighted by atomic mass is 9.81. The average molecular weight is 280 g/mol. The lowest BCUT2D eigenvalue weighted by Gasteiger charge is -2.23. The summed E-state index contributed by atoms with van der Waals surface area (Å²) >= 11 is 0. The van der Waals surface area contributed by atoms with Crippen molar-refractivity contribution in [3.63, 3.8) is 0 Å². The molecule has 2 heteroatoms. The van der Waals surface area contributed by atoms with E-state index in [1.807, 2.05) is 6.07 Å². The molecule has 0 saturated heterocycles. The van der Waals surface area contributed by atoms with Crippen molar-refractivity contribution in [2.45, 2.75) is 32.6 Å². The van der Waals surface area contributed by atoms with E-state index in [4.69, 9.17) is 0 Å². The number of benzene rings is 3. The van der Waals surface area contributed by atoms with Gasteiger partial charge in [0.2, 0.25) is 0 Å². The van der Waals surface area contributed by atoms with Crippen LogP contribution in [0.25, 0.3) is 21.5 Å². The van der Waals surface area contributed by atoms with Crippen LogP contribution in [0.2, 0.25) is 0 Å². The molecule has 0 unspecified atom stereocenters. The number of phenols is 2. The number of phenolic OH excluding ortho intramolecular Hbond substituents is 2. The van der Waals surface area contributed by atoms with E-state index in [9.17, 15) is 10.2 Å². The molecule has 0 bridgehead atoms. The molecule has 0 saturated carbocycles. The molecule has 0 aliphatic heterocycles. The van der Waals surface area contributed by atoms with Gasteiger partial charge in [-0.1, -0.05) is 39.0 Å². The maximum atomic E-state index is 9.66. The highest BCUT2D eigenvalue weighted by Gasteiger charge is 2.18. The number of hydrogen-bond donors (Lipinski definition) is 2. The number of rotatable bonds is 2. The Hall–Kier alpha value is -2.22. The minimum absolute atomic E-state index is 0.0770. The van der Waals surface area contributed by atoms with Crippen LogP contribution in [0.1, 0.15) is 32.8 Å². The molecule has 108 valence electrons. The monoisotopic (exact) mass is 280 g/mol. The Morgan fingerprint density at radius 2 is 1.29 bits per heavy atom. The lowest BCUT2D eigenvalue weighted by Crippen LogP contribution is -2.15. The molecule has 2 nitrogen and oxygen atoms in total. The van der Waals surface area contributed by atoms with E-state index in [-0.39, 0.29) is 16.9 Å². The van der Waals surface area contributed by atoms with Crippen molar-refractivity contribution in [3.8, 4) is 11.5 Å². The summed E-state index contributed by atoms with van der Waals surface area (Å²) in [6, 6.07) is 13.9. The van der Waals surface area contributed by atoms with Gasteiger partial charge in [-0.2, -0.15) is 0 Å². The molecule has 0 aromatic heterocycles. The Kier molecular flexibility index (Phi) is 3.05. The second-order valence-electron chi connectivity index (χ2n) is 6.34. The first-order valence-corrected chi connectivity index (χ1v) is 7.31. The Balaban J connectivity index is 2.26. The summed E-state index contributed by atoms with van der Waals surface area (Å²) in [6.45, 7) is 6.70. The Labute approximate surface area is 124 Å². The molecule has 2 N–H and O–H groups in total. The first-order valence-electron chi connectivity index (χ1n) is 7.31. The van der Waals surface area contributed by atoms with Gasteiger partial charge in [-0.25, -0.2) is 0 Å². The maximum absolute atomic E-state index is 9.66. The fourth-order valence-electron chi connectivity index (χ4n) is 2.65. The Bertz CT molecular complexity index is 832. The van der Waals surface area contributed by atoms with Gasteiger partial charge in [0, 0.05) is 0 Å². The van der Waals surface area contributed by atoms with E-state index in [0.29, 0.717) is 0 Å². The molecule has 0 radical (unpaired) electrons. The maximum Gasteiger partial charge on any atom is 0.158 e. The summed E-state index contributed by atoms with van der Waals surface area (Å²) < 4.78 is 0. The van der Waals surface area contributed by atoms with Crippen LogP contribution in [-0.4, -0.2) is 10.2 Å². The van der Waals surface area contributed by atoms with Crippen LogP contribution < -0.4 is 0 Å². The zero-order valence-electron chi connectivity index (χ0n) is 12.6. The average Bonchev–Trinajstić information content (AvgIpc) is 2.46. The van der Waals surface area contributed by atoms with Crippen LogP contribution in [0.15, 0.2) is 42.5 Å². The van der Waals surface area contributed by atoms with Crippen molar-refractivity contribution in [3.05, 3.63) is 48.0 Å². The van der Waals surface area contributed by atoms with Crippen LogP contribution in [0.5, 0.6) is 11.5 Å². The van der Waals surface area contributed by atoms with Crippen LogP contribution in [0.4, 0.5) is 0 Å². The largest absolute Gasteiger partial charge is 0.504 e. The number of fused-ring (bicyclic) bond motifs is 2. The SMILES string of the molecule is CCC(C)(C)c1ccc2cc3cc(O)c(O)cc3cc2c1. The molecule has 3 aromatic rings. The summed E-state index contributed by atoms with van der Waals surface area (Å²) in [5, 5.41) is 23.4. The predicted octanol–water partition coefficient (Wildman–Crippen LogP) is 5.09. The summed E-state index contributed by atoms with van der Waals surface area (Å²) in [7, 11) is 0. The minimum Gasteiger partial charge on any atom is -0.504 e. The van der Waals surface area contributed by atoms with E-state index in [0.717, 1.165) is 28.0 Å². The zero-order chi connectivity index (χ0) is 15.2. The third-order valence-electron chi connectivity index (χ3n) is 4.55. The highest BCUT2D eigenvalue weighted by Crippen LogP contribution is 2.34. The molecule has 0 fully saturated rings. The third kappa shape index (κ3) is 2.31. The quantitative estimate of drug-likeness (QED) is 0.507. The topological polar surface area (TPSA) is 40.5 Å². The van der Waals surface area contributed by atoms with Gasteiger partial charge in [0.05, 0.1) is 0 Å². The van der Waals surface area contributed by atoms with E-state index in [2.05, 4.69) is 45.0 Å². The molecule has 0 heterocycles. The van der Waals surface area contributed by atoms with Crippen LogP contribution >= 0.6 is 0 Å². The number of aromatic hydroxyl groups is 2. The zero-order valence-corrected chi connectivity index (χ0v) is 12.6. The molecular formula is C19H20O2. The van der Waals surface area contributed by atoms with Gasteiger partial charge in [-0.05, 0) is 63.2 Å². The molecule has 0 spiro atoms. The van der Waals surface area contributed by atoms with E-state index in [1.165, 1.54) is 5.56 Å². The van der Waals surface area contributed by atoms with Crippen molar-refractivity contribution in [1.82, 2.24) is 0 Å². The van der Waals surface area contributed by atoms with E-state index in [1.54, 1.807) is 12.1 Å². The standard InChI is InChI=1S/C19H20O2/c1-4-19(2,3)16-6-5-12-7-14-10-17(20)18(21)11-15(14)8-13(12)9-16/h5-11,20-21H,4H2,1-3H3. The summed E-state index contributed by atoms with van der Waals surface area (Å²) in [5.41, 5.74) is 1.47. The normalized spacial score (nSPS) is 12.1. The van der Waals surface area contributed by atoms with Crippen molar-refractivity contribution >= 4 is 21.5 Å². The molecule has 3 aromatic carbocycles. The van der Waals surface area contributed by atoms with Crippen LogP contribution in [0, 0.1) is 0 Å². The molecule has 0 atom stereocenters. The molecule has 3 rings (SSSR count). The van der Waals surface area contributed by atoms with Crippen molar-refractivity contribution in [2.24, 2.45) is 0 Å². The highest BCUT2D eigenvalue weighted by molar-refractivity contribution is 5.99.